The van der Waals surface area contributed by atoms with Crippen LogP contribution in [-0.4, -0.2) is 6.61 Å². The second-order valence-electron chi connectivity index (χ2n) is 3.36. The highest BCUT2D eigenvalue weighted by Gasteiger charge is 2.18. The maximum atomic E-state index is 11.7. The minimum absolute atomic E-state index is 0.0663. The van der Waals surface area contributed by atoms with Crippen molar-refractivity contribution in [2.24, 2.45) is 0 Å². The molecule has 0 saturated carbocycles. The van der Waals surface area contributed by atoms with E-state index in [1.165, 1.54) is 6.07 Å². The van der Waals surface area contributed by atoms with Gasteiger partial charge in [-0.05, 0) is 24.3 Å². The van der Waals surface area contributed by atoms with Crippen molar-refractivity contribution in [1.82, 2.24) is 0 Å². The molecule has 0 bridgehead atoms. The molecule has 3 aliphatic rings. The second-order valence-corrected chi connectivity index (χ2v) is 3.36. The van der Waals surface area contributed by atoms with Crippen LogP contribution in [0.5, 0.6) is 5.75 Å². The van der Waals surface area contributed by atoms with Crippen LogP contribution < -0.4 is 10.2 Å². The van der Waals surface area contributed by atoms with Crippen molar-refractivity contribution in [2.45, 2.75) is 0 Å². The van der Waals surface area contributed by atoms with Crippen LogP contribution in [0.3, 0.4) is 0 Å². The van der Waals surface area contributed by atoms with Crippen LogP contribution in [0, 0.1) is 0 Å². The van der Waals surface area contributed by atoms with E-state index >= 15 is 0 Å². The third kappa shape index (κ3) is 1.16. The largest absolute Gasteiger partial charge is 0.488 e. The number of hydrogen-bond donors (Lipinski definition) is 0. The van der Waals surface area contributed by atoms with E-state index in [4.69, 9.17) is 9.15 Å². The van der Waals surface area contributed by atoms with Gasteiger partial charge in [0.1, 0.15) is 18.1 Å². The van der Waals surface area contributed by atoms with Gasteiger partial charge in [0.05, 0.1) is 17.4 Å². The Morgan fingerprint density at radius 3 is 3.20 bits per heavy atom. The SMILES string of the molecule is O=c1cc2occcc-2c2c1C=CCO2. The van der Waals surface area contributed by atoms with E-state index < -0.39 is 0 Å². The molecular formula is C12H8O3. The molecule has 0 saturated heterocycles. The van der Waals surface area contributed by atoms with Crippen molar-refractivity contribution in [2.75, 3.05) is 6.61 Å². The zero-order chi connectivity index (χ0) is 10.3. The van der Waals surface area contributed by atoms with E-state index in [0.717, 1.165) is 5.56 Å². The molecule has 15 heavy (non-hydrogen) atoms. The minimum atomic E-state index is -0.0663. The van der Waals surface area contributed by atoms with Crippen molar-refractivity contribution in [3.8, 4) is 17.1 Å². The summed E-state index contributed by atoms with van der Waals surface area (Å²) in [4.78, 5) is 11.7. The molecule has 0 radical (unpaired) electrons. The molecular weight excluding hydrogens is 192 g/mol. The summed E-state index contributed by atoms with van der Waals surface area (Å²) in [5, 5.41) is 0. The highest BCUT2D eigenvalue weighted by atomic mass is 16.5. The Labute approximate surface area is 85.9 Å². The van der Waals surface area contributed by atoms with Crippen LogP contribution in [0.1, 0.15) is 5.56 Å². The fraction of sp³-hybridized carbons (Fsp3) is 0.0833. The smallest absolute Gasteiger partial charge is 0.193 e. The first-order valence-electron chi connectivity index (χ1n) is 4.70. The van der Waals surface area contributed by atoms with Gasteiger partial charge >= 0.3 is 0 Å². The molecule has 2 aliphatic heterocycles. The normalized spacial score (nSPS) is 13.6. The lowest BCUT2D eigenvalue weighted by molar-refractivity contribution is 0.358. The quantitative estimate of drug-likeness (QED) is 0.654. The van der Waals surface area contributed by atoms with Crippen molar-refractivity contribution < 1.29 is 9.15 Å². The zero-order valence-corrected chi connectivity index (χ0v) is 7.90. The summed E-state index contributed by atoms with van der Waals surface area (Å²) in [5.41, 5.74) is 1.38. The molecule has 0 aromatic rings. The Hall–Kier alpha value is -2.03. The van der Waals surface area contributed by atoms with E-state index in [9.17, 15) is 4.79 Å². The van der Waals surface area contributed by atoms with Crippen LogP contribution in [0.25, 0.3) is 17.4 Å². The molecule has 2 heterocycles. The predicted molar refractivity (Wildman–Crippen MR) is 56.1 cm³/mol. The van der Waals surface area contributed by atoms with Gasteiger partial charge in [0.15, 0.2) is 5.43 Å². The van der Waals surface area contributed by atoms with Crippen molar-refractivity contribution in [3.05, 3.63) is 46.3 Å². The van der Waals surface area contributed by atoms with Crippen LogP contribution in [-0.2, 0) is 0 Å². The maximum absolute atomic E-state index is 11.7. The Balaban J connectivity index is 2.46. The van der Waals surface area contributed by atoms with Crippen LogP contribution in [0.15, 0.2) is 39.7 Å². The monoisotopic (exact) mass is 200 g/mol. The fourth-order valence-electron chi connectivity index (χ4n) is 1.76. The standard InChI is InChI=1S/C12H8O3/c13-10-7-11-9(4-2-5-14-11)12-8(10)3-1-6-15-12/h1-5,7H,6H2. The topological polar surface area (TPSA) is 39.4 Å². The highest BCUT2D eigenvalue weighted by Crippen LogP contribution is 2.34. The first-order chi connectivity index (χ1) is 7.36. The molecule has 3 heteroatoms. The van der Waals surface area contributed by atoms with E-state index in [2.05, 4.69) is 0 Å². The van der Waals surface area contributed by atoms with E-state index in [1.54, 1.807) is 18.4 Å². The van der Waals surface area contributed by atoms with Gasteiger partial charge in [0, 0.05) is 6.07 Å². The first kappa shape index (κ1) is 8.29. The summed E-state index contributed by atoms with van der Waals surface area (Å²) in [7, 11) is 0. The number of rotatable bonds is 0. The maximum Gasteiger partial charge on any atom is 0.193 e. The van der Waals surface area contributed by atoms with Gasteiger partial charge in [-0.15, -0.1) is 0 Å². The lowest BCUT2D eigenvalue weighted by Crippen LogP contribution is -2.12. The third-order valence-corrected chi connectivity index (χ3v) is 2.43. The molecule has 0 spiro atoms. The first-order valence-corrected chi connectivity index (χ1v) is 4.70. The molecule has 1 aliphatic carbocycles. The van der Waals surface area contributed by atoms with Gasteiger partial charge in [0.2, 0.25) is 0 Å². The average molecular weight is 200 g/mol. The molecule has 3 rings (SSSR count). The minimum Gasteiger partial charge on any atom is -0.488 e. The van der Waals surface area contributed by atoms with Crippen LogP contribution in [0.4, 0.5) is 0 Å². The molecule has 0 aromatic carbocycles. The Morgan fingerprint density at radius 1 is 1.33 bits per heavy atom. The van der Waals surface area contributed by atoms with Gasteiger partial charge in [-0.3, -0.25) is 4.79 Å². The van der Waals surface area contributed by atoms with Crippen molar-refractivity contribution >= 4 is 6.08 Å². The number of ether oxygens (including phenoxy) is 1. The molecule has 0 atom stereocenters. The molecule has 0 N–H and O–H groups in total. The molecule has 3 nitrogen and oxygen atoms in total. The van der Waals surface area contributed by atoms with E-state index in [0.29, 0.717) is 23.7 Å². The van der Waals surface area contributed by atoms with E-state index in [1.807, 2.05) is 12.1 Å². The predicted octanol–water partition coefficient (Wildman–Crippen LogP) is 2.15. The number of benzene rings is 1. The summed E-state index contributed by atoms with van der Waals surface area (Å²) >= 11 is 0. The summed E-state index contributed by atoms with van der Waals surface area (Å²) in [6, 6.07) is 5.16. The molecule has 0 amide bonds. The van der Waals surface area contributed by atoms with Gasteiger partial charge in [-0.25, -0.2) is 0 Å². The van der Waals surface area contributed by atoms with Crippen molar-refractivity contribution in [3.63, 3.8) is 0 Å². The Bertz CT molecular complexity index is 566. The van der Waals surface area contributed by atoms with Crippen molar-refractivity contribution in [1.29, 1.82) is 0 Å². The number of fused-ring (bicyclic) bond motifs is 3. The zero-order valence-electron chi connectivity index (χ0n) is 7.90. The van der Waals surface area contributed by atoms with Crippen LogP contribution >= 0.6 is 0 Å². The van der Waals surface area contributed by atoms with Gasteiger partial charge in [-0.1, -0.05) is 0 Å². The summed E-state index contributed by atoms with van der Waals surface area (Å²) in [6.07, 6.45) is 5.18. The number of hydrogen-bond acceptors (Lipinski definition) is 3. The molecule has 74 valence electrons. The lowest BCUT2D eigenvalue weighted by atomic mass is 10.0. The van der Waals surface area contributed by atoms with Gasteiger partial charge in [0.25, 0.3) is 0 Å². The summed E-state index contributed by atoms with van der Waals surface area (Å²) < 4.78 is 10.7. The Kier molecular flexibility index (Phi) is 1.65. The van der Waals surface area contributed by atoms with E-state index in [-0.39, 0.29) is 5.43 Å². The Morgan fingerprint density at radius 2 is 2.27 bits per heavy atom. The van der Waals surface area contributed by atoms with Crippen LogP contribution in [0.2, 0.25) is 0 Å². The van der Waals surface area contributed by atoms with Gasteiger partial charge in [-0.2, -0.15) is 0 Å². The summed E-state index contributed by atoms with van der Waals surface area (Å²) in [6.45, 7) is 0.500. The van der Waals surface area contributed by atoms with Gasteiger partial charge < -0.3 is 9.15 Å². The fourth-order valence-corrected chi connectivity index (χ4v) is 1.76. The second kappa shape index (κ2) is 2.98. The average Bonchev–Trinajstić information content (AvgIpc) is 2.30. The molecule has 0 fully saturated rings. The highest BCUT2D eigenvalue weighted by molar-refractivity contribution is 5.75. The lowest BCUT2D eigenvalue weighted by Gasteiger charge is -2.16. The summed E-state index contributed by atoms with van der Waals surface area (Å²) in [5.74, 6) is 1.20. The third-order valence-electron chi connectivity index (χ3n) is 2.43. The molecule has 0 unspecified atom stereocenters. The molecule has 0 aromatic heterocycles.